The normalized spacial score (nSPS) is 9.86. The third kappa shape index (κ3) is 3.64. The lowest BCUT2D eigenvalue weighted by molar-refractivity contribution is 0.565. The molecule has 0 saturated carbocycles. The molecule has 0 N–H and O–H groups in total. The van der Waals surface area contributed by atoms with Crippen molar-refractivity contribution in [1.82, 2.24) is 0 Å². The van der Waals surface area contributed by atoms with Gasteiger partial charge in [-0.05, 0) is 48.3 Å². The van der Waals surface area contributed by atoms with Crippen LogP contribution in [0.5, 0.6) is 5.75 Å². The monoisotopic (exact) mass is 228 g/mol. The molecule has 0 aliphatic carbocycles. The summed E-state index contributed by atoms with van der Waals surface area (Å²) in [5.74, 6) is 0.779. The summed E-state index contributed by atoms with van der Waals surface area (Å²) in [7, 11) is 0. The molecule has 0 heterocycles. The van der Waals surface area contributed by atoms with Crippen LogP contribution in [0, 0.1) is 0 Å². The van der Waals surface area contributed by atoms with E-state index >= 15 is 0 Å². The molecule has 1 rings (SSSR count). The summed E-state index contributed by atoms with van der Waals surface area (Å²) in [5, 5.41) is 0. The second-order valence-corrected chi connectivity index (χ2v) is 3.99. The Kier molecular flexibility index (Phi) is 4.91. The van der Waals surface area contributed by atoms with Crippen molar-refractivity contribution < 1.29 is 4.74 Å². The SMILES string of the molecule is CCCCc1ccccc1OC(=S)Cl. The first-order valence-corrected chi connectivity index (χ1v) is 5.48. The lowest BCUT2D eigenvalue weighted by atomic mass is 10.1. The van der Waals surface area contributed by atoms with Gasteiger partial charge in [-0.15, -0.1) is 0 Å². The maximum absolute atomic E-state index is 5.53. The first-order valence-electron chi connectivity index (χ1n) is 4.69. The standard InChI is InChI=1S/C11H13ClOS/c1-2-3-6-9-7-4-5-8-10(9)13-11(12)14/h4-5,7-8H,2-3,6H2,1H3. The number of rotatable bonds is 4. The Morgan fingerprint density at radius 1 is 1.43 bits per heavy atom. The van der Waals surface area contributed by atoms with Crippen LogP contribution < -0.4 is 4.74 Å². The maximum Gasteiger partial charge on any atom is 0.260 e. The fourth-order valence-corrected chi connectivity index (χ4v) is 1.44. The zero-order valence-electron chi connectivity index (χ0n) is 8.13. The van der Waals surface area contributed by atoms with Crippen LogP contribution in [0.1, 0.15) is 25.3 Å². The van der Waals surface area contributed by atoms with E-state index in [1.54, 1.807) is 0 Å². The van der Waals surface area contributed by atoms with E-state index < -0.39 is 0 Å². The number of aryl methyl sites for hydroxylation is 1. The third-order valence-electron chi connectivity index (χ3n) is 1.96. The molecular weight excluding hydrogens is 216 g/mol. The minimum Gasteiger partial charge on any atom is -0.436 e. The average Bonchev–Trinajstić information content (AvgIpc) is 2.16. The maximum atomic E-state index is 5.53. The summed E-state index contributed by atoms with van der Waals surface area (Å²) < 4.78 is 5.29. The van der Waals surface area contributed by atoms with Crippen LogP contribution in [-0.4, -0.2) is 4.51 Å². The molecule has 0 aliphatic rings. The quantitative estimate of drug-likeness (QED) is 0.571. The van der Waals surface area contributed by atoms with E-state index in [9.17, 15) is 0 Å². The number of ether oxygens (including phenoxy) is 1. The summed E-state index contributed by atoms with van der Waals surface area (Å²) >= 11 is 10.2. The molecule has 14 heavy (non-hydrogen) atoms. The van der Waals surface area contributed by atoms with Gasteiger partial charge in [0.1, 0.15) is 5.75 Å². The van der Waals surface area contributed by atoms with E-state index in [1.807, 2.05) is 24.3 Å². The lowest BCUT2D eigenvalue weighted by Crippen LogP contribution is -1.99. The lowest BCUT2D eigenvalue weighted by Gasteiger charge is -2.07. The minimum absolute atomic E-state index is 0.0500. The summed E-state index contributed by atoms with van der Waals surface area (Å²) in [6.45, 7) is 2.16. The van der Waals surface area contributed by atoms with E-state index in [0.717, 1.165) is 24.2 Å². The van der Waals surface area contributed by atoms with Crippen molar-refractivity contribution in [2.45, 2.75) is 26.2 Å². The van der Waals surface area contributed by atoms with Crippen molar-refractivity contribution in [3.05, 3.63) is 29.8 Å². The van der Waals surface area contributed by atoms with E-state index in [2.05, 4.69) is 6.92 Å². The predicted octanol–water partition coefficient (Wildman–Crippen LogP) is 3.93. The van der Waals surface area contributed by atoms with Crippen LogP contribution in [0.3, 0.4) is 0 Å². The van der Waals surface area contributed by atoms with Gasteiger partial charge in [0, 0.05) is 0 Å². The molecule has 1 nitrogen and oxygen atoms in total. The Bertz CT molecular complexity index is 312. The second-order valence-electron chi connectivity index (χ2n) is 3.05. The summed E-state index contributed by atoms with van der Waals surface area (Å²) in [6.07, 6.45) is 3.32. The van der Waals surface area contributed by atoms with Crippen LogP contribution in [0.15, 0.2) is 24.3 Å². The van der Waals surface area contributed by atoms with E-state index in [0.29, 0.717) is 0 Å². The van der Waals surface area contributed by atoms with Gasteiger partial charge in [-0.2, -0.15) is 0 Å². The molecule has 3 heteroatoms. The zero-order chi connectivity index (χ0) is 10.4. The molecule has 0 aliphatic heterocycles. The number of halogens is 1. The first kappa shape index (κ1) is 11.5. The number of hydrogen-bond donors (Lipinski definition) is 0. The third-order valence-corrected chi connectivity index (χ3v) is 2.12. The molecule has 0 fully saturated rings. The van der Waals surface area contributed by atoms with Gasteiger partial charge in [-0.25, -0.2) is 0 Å². The Morgan fingerprint density at radius 3 is 2.79 bits per heavy atom. The van der Waals surface area contributed by atoms with Crippen LogP contribution in [0.2, 0.25) is 0 Å². The van der Waals surface area contributed by atoms with Crippen LogP contribution in [0.4, 0.5) is 0 Å². The number of hydrogen-bond acceptors (Lipinski definition) is 2. The van der Waals surface area contributed by atoms with Crippen molar-refractivity contribution in [2.75, 3.05) is 0 Å². The minimum atomic E-state index is 0.0500. The van der Waals surface area contributed by atoms with Crippen LogP contribution in [-0.2, 0) is 6.42 Å². The Labute approximate surface area is 95.0 Å². The molecule has 1 aromatic rings. The zero-order valence-corrected chi connectivity index (χ0v) is 9.70. The van der Waals surface area contributed by atoms with E-state index in [-0.39, 0.29) is 4.51 Å². The fraction of sp³-hybridized carbons (Fsp3) is 0.364. The number of unbranched alkanes of at least 4 members (excludes halogenated alkanes) is 1. The molecule has 0 spiro atoms. The molecule has 0 bridgehead atoms. The molecule has 1 aromatic carbocycles. The van der Waals surface area contributed by atoms with Gasteiger partial charge in [0.05, 0.1) is 0 Å². The fourth-order valence-electron chi connectivity index (χ4n) is 1.26. The Hall–Kier alpha value is -0.600. The predicted molar refractivity (Wildman–Crippen MR) is 64.1 cm³/mol. The topological polar surface area (TPSA) is 9.23 Å². The van der Waals surface area contributed by atoms with Gasteiger partial charge in [0.2, 0.25) is 0 Å². The van der Waals surface area contributed by atoms with Gasteiger partial charge in [0.15, 0.2) is 0 Å². The molecule has 0 unspecified atom stereocenters. The van der Waals surface area contributed by atoms with E-state index in [4.69, 9.17) is 28.6 Å². The number of benzene rings is 1. The molecular formula is C11H13ClOS. The first-order chi connectivity index (χ1) is 6.74. The van der Waals surface area contributed by atoms with Gasteiger partial charge < -0.3 is 4.74 Å². The van der Waals surface area contributed by atoms with Crippen molar-refractivity contribution in [1.29, 1.82) is 0 Å². The van der Waals surface area contributed by atoms with Crippen molar-refractivity contribution >= 4 is 28.3 Å². The smallest absolute Gasteiger partial charge is 0.260 e. The Morgan fingerprint density at radius 2 is 2.14 bits per heavy atom. The molecule has 0 saturated heterocycles. The molecule has 0 radical (unpaired) electrons. The number of thiocarbonyl (C=S) groups is 1. The van der Waals surface area contributed by atoms with E-state index in [1.165, 1.54) is 6.42 Å². The van der Waals surface area contributed by atoms with Crippen molar-refractivity contribution in [3.63, 3.8) is 0 Å². The van der Waals surface area contributed by atoms with Crippen LogP contribution in [0.25, 0.3) is 0 Å². The Balaban J connectivity index is 2.74. The summed E-state index contributed by atoms with van der Waals surface area (Å²) in [6, 6.07) is 7.84. The van der Waals surface area contributed by atoms with Crippen LogP contribution >= 0.6 is 23.8 Å². The highest BCUT2D eigenvalue weighted by molar-refractivity contribution is 7.82. The second kappa shape index (κ2) is 5.99. The van der Waals surface area contributed by atoms with Crippen molar-refractivity contribution in [2.24, 2.45) is 0 Å². The average molecular weight is 229 g/mol. The summed E-state index contributed by atoms with van der Waals surface area (Å²) in [4.78, 5) is 0. The molecule has 76 valence electrons. The van der Waals surface area contributed by atoms with Gasteiger partial charge in [0.25, 0.3) is 4.51 Å². The highest BCUT2D eigenvalue weighted by Crippen LogP contribution is 2.20. The van der Waals surface area contributed by atoms with Gasteiger partial charge in [-0.3, -0.25) is 0 Å². The van der Waals surface area contributed by atoms with Gasteiger partial charge >= 0.3 is 0 Å². The number of para-hydroxylation sites is 1. The molecule has 0 amide bonds. The molecule has 0 atom stereocenters. The highest BCUT2D eigenvalue weighted by atomic mass is 35.5. The van der Waals surface area contributed by atoms with Crippen molar-refractivity contribution in [3.8, 4) is 5.75 Å². The largest absolute Gasteiger partial charge is 0.436 e. The van der Waals surface area contributed by atoms with Gasteiger partial charge in [-0.1, -0.05) is 31.5 Å². The summed E-state index contributed by atoms with van der Waals surface area (Å²) in [5.41, 5.74) is 1.16. The highest BCUT2D eigenvalue weighted by Gasteiger charge is 2.03. The molecule has 0 aromatic heterocycles.